The third kappa shape index (κ3) is 6.25. The first-order valence-electron chi connectivity index (χ1n) is 9.35. The maximum absolute atomic E-state index is 12.0. The second-order valence-electron chi connectivity index (χ2n) is 7.52. The van der Waals surface area contributed by atoms with Crippen molar-refractivity contribution in [3.8, 4) is 0 Å². The average molecular weight is 309 g/mol. The van der Waals surface area contributed by atoms with E-state index in [1.807, 2.05) is 0 Å². The Hall–Kier alpha value is -0.610. The van der Waals surface area contributed by atoms with Gasteiger partial charge in [-0.15, -0.1) is 0 Å². The van der Waals surface area contributed by atoms with Gasteiger partial charge in [0.25, 0.3) is 0 Å². The van der Waals surface area contributed by atoms with Crippen LogP contribution in [0.4, 0.5) is 0 Å². The monoisotopic (exact) mass is 309 g/mol. The largest absolute Gasteiger partial charge is 0.356 e. The molecule has 0 radical (unpaired) electrons. The molecule has 0 aromatic rings. The van der Waals surface area contributed by atoms with E-state index in [4.69, 9.17) is 0 Å². The van der Waals surface area contributed by atoms with Crippen molar-refractivity contribution in [2.75, 3.05) is 39.3 Å². The number of hydrogen-bond acceptors (Lipinski definition) is 3. The summed E-state index contributed by atoms with van der Waals surface area (Å²) < 4.78 is 0. The van der Waals surface area contributed by atoms with Crippen LogP contribution in [0.3, 0.4) is 0 Å². The molecular weight excluding hydrogens is 274 g/mol. The number of rotatable bonds is 7. The highest BCUT2D eigenvalue weighted by Gasteiger charge is 2.21. The van der Waals surface area contributed by atoms with Crippen LogP contribution in [-0.2, 0) is 4.79 Å². The summed E-state index contributed by atoms with van der Waals surface area (Å²) in [4.78, 5) is 14.6. The number of piperidine rings is 2. The van der Waals surface area contributed by atoms with E-state index in [-0.39, 0.29) is 5.91 Å². The molecule has 0 aromatic heterocycles. The Morgan fingerprint density at radius 1 is 1.32 bits per heavy atom. The van der Waals surface area contributed by atoms with E-state index in [0.29, 0.717) is 18.3 Å². The van der Waals surface area contributed by atoms with Crippen LogP contribution in [0, 0.1) is 17.8 Å². The zero-order valence-corrected chi connectivity index (χ0v) is 14.6. The molecule has 0 aliphatic carbocycles. The molecule has 0 aromatic carbocycles. The first-order chi connectivity index (χ1) is 10.6. The molecule has 4 heteroatoms. The Kier molecular flexibility index (Phi) is 7.67. The Morgan fingerprint density at radius 2 is 2.09 bits per heavy atom. The number of hydrogen-bond donors (Lipinski definition) is 2. The van der Waals surface area contributed by atoms with E-state index >= 15 is 0 Å². The fourth-order valence-electron chi connectivity index (χ4n) is 3.71. The molecule has 2 N–H and O–H groups in total. The summed E-state index contributed by atoms with van der Waals surface area (Å²) in [6.07, 6.45) is 6.96. The number of nitrogens with one attached hydrogen (secondary N) is 2. The molecule has 0 saturated carbocycles. The van der Waals surface area contributed by atoms with Crippen molar-refractivity contribution in [3.63, 3.8) is 0 Å². The van der Waals surface area contributed by atoms with Crippen molar-refractivity contribution in [3.05, 3.63) is 0 Å². The smallest absolute Gasteiger partial charge is 0.220 e. The van der Waals surface area contributed by atoms with Crippen LogP contribution in [0.5, 0.6) is 0 Å². The summed E-state index contributed by atoms with van der Waals surface area (Å²) in [6.45, 7) is 11.2. The molecule has 2 atom stereocenters. The van der Waals surface area contributed by atoms with Gasteiger partial charge in [-0.25, -0.2) is 0 Å². The lowest BCUT2D eigenvalue weighted by Crippen LogP contribution is -2.37. The fraction of sp³-hybridized carbons (Fsp3) is 0.944. The maximum atomic E-state index is 12.0. The van der Waals surface area contributed by atoms with E-state index in [2.05, 4.69) is 29.4 Å². The summed E-state index contributed by atoms with van der Waals surface area (Å²) >= 11 is 0. The molecule has 4 nitrogen and oxygen atoms in total. The molecule has 0 bridgehead atoms. The van der Waals surface area contributed by atoms with Crippen LogP contribution in [0.15, 0.2) is 0 Å². The van der Waals surface area contributed by atoms with E-state index in [9.17, 15) is 4.79 Å². The van der Waals surface area contributed by atoms with Gasteiger partial charge in [0, 0.05) is 13.0 Å². The quantitative estimate of drug-likeness (QED) is 0.709. The third-order valence-corrected chi connectivity index (χ3v) is 5.50. The van der Waals surface area contributed by atoms with Crippen LogP contribution in [0.25, 0.3) is 0 Å². The van der Waals surface area contributed by atoms with Gasteiger partial charge in [-0.2, -0.15) is 0 Å². The minimum Gasteiger partial charge on any atom is -0.356 e. The van der Waals surface area contributed by atoms with Gasteiger partial charge < -0.3 is 15.5 Å². The highest BCUT2D eigenvalue weighted by Crippen LogP contribution is 2.22. The van der Waals surface area contributed by atoms with Gasteiger partial charge in [0.15, 0.2) is 0 Å². The summed E-state index contributed by atoms with van der Waals surface area (Å²) in [5.74, 6) is 2.31. The van der Waals surface area contributed by atoms with Crippen LogP contribution < -0.4 is 10.6 Å². The molecule has 2 aliphatic rings. The molecule has 2 saturated heterocycles. The Morgan fingerprint density at radius 3 is 2.77 bits per heavy atom. The second kappa shape index (κ2) is 9.51. The van der Waals surface area contributed by atoms with Crippen molar-refractivity contribution in [2.45, 2.75) is 52.4 Å². The SMILES string of the molecule is CC1CCN(CCCNC(=O)CC(C)C2CCCNC2)CC1. The predicted molar refractivity (Wildman–Crippen MR) is 91.8 cm³/mol. The molecule has 2 fully saturated rings. The van der Waals surface area contributed by atoms with E-state index < -0.39 is 0 Å². The van der Waals surface area contributed by atoms with Crippen molar-refractivity contribution < 1.29 is 4.79 Å². The zero-order valence-electron chi connectivity index (χ0n) is 14.6. The topological polar surface area (TPSA) is 44.4 Å². The van der Waals surface area contributed by atoms with Crippen LogP contribution >= 0.6 is 0 Å². The third-order valence-electron chi connectivity index (χ3n) is 5.50. The van der Waals surface area contributed by atoms with Gasteiger partial charge in [-0.3, -0.25) is 4.79 Å². The van der Waals surface area contributed by atoms with Crippen molar-refractivity contribution in [1.29, 1.82) is 0 Å². The van der Waals surface area contributed by atoms with E-state index in [1.165, 1.54) is 38.8 Å². The van der Waals surface area contributed by atoms with Crippen LogP contribution in [0.1, 0.15) is 52.4 Å². The Balaban J connectivity index is 1.52. The number of nitrogens with zero attached hydrogens (tertiary/aromatic N) is 1. The molecule has 2 rings (SSSR count). The molecule has 1 amide bonds. The molecule has 2 unspecified atom stereocenters. The maximum Gasteiger partial charge on any atom is 0.220 e. The molecular formula is C18H35N3O. The fourth-order valence-corrected chi connectivity index (χ4v) is 3.71. The second-order valence-corrected chi connectivity index (χ2v) is 7.52. The van der Waals surface area contributed by atoms with Gasteiger partial charge in [-0.1, -0.05) is 13.8 Å². The first-order valence-corrected chi connectivity index (χ1v) is 9.35. The summed E-state index contributed by atoms with van der Waals surface area (Å²) in [7, 11) is 0. The molecule has 2 heterocycles. The normalized spacial score (nSPS) is 25.8. The van der Waals surface area contributed by atoms with E-state index in [0.717, 1.165) is 38.5 Å². The van der Waals surface area contributed by atoms with Crippen LogP contribution in [-0.4, -0.2) is 50.1 Å². The minimum absolute atomic E-state index is 0.241. The Labute approximate surface area is 136 Å². The highest BCUT2D eigenvalue weighted by atomic mass is 16.1. The van der Waals surface area contributed by atoms with Gasteiger partial charge in [0.05, 0.1) is 0 Å². The lowest BCUT2D eigenvalue weighted by molar-refractivity contribution is -0.122. The van der Waals surface area contributed by atoms with Gasteiger partial charge >= 0.3 is 0 Å². The van der Waals surface area contributed by atoms with Crippen LogP contribution in [0.2, 0.25) is 0 Å². The Bertz CT molecular complexity index is 320. The number of amides is 1. The molecule has 128 valence electrons. The summed E-state index contributed by atoms with van der Waals surface area (Å²) in [5.41, 5.74) is 0. The molecule has 2 aliphatic heterocycles. The van der Waals surface area contributed by atoms with Crippen molar-refractivity contribution in [1.82, 2.24) is 15.5 Å². The van der Waals surface area contributed by atoms with Crippen molar-refractivity contribution >= 4 is 5.91 Å². The summed E-state index contributed by atoms with van der Waals surface area (Å²) in [5, 5.41) is 6.56. The summed E-state index contributed by atoms with van der Waals surface area (Å²) in [6, 6.07) is 0. The number of likely N-dealkylation sites (tertiary alicyclic amines) is 1. The molecule has 22 heavy (non-hydrogen) atoms. The first kappa shape index (κ1) is 17.7. The molecule has 0 spiro atoms. The minimum atomic E-state index is 0.241. The highest BCUT2D eigenvalue weighted by molar-refractivity contribution is 5.76. The zero-order chi connectivity index (χ0) is 15.8. The average Bonchev–Trinajstić information content (AvgIpc) is 2.54. The standard InChI is InChI=1S/C18H35N3O/c1-15-6-11-21(12-7-15)10-4-9-20-18(22)13-16(2)17-5-3-8-19-14-17/h15-17,19H,3-14H2,1-2H3,(H,20,22). The lowest BCUT2D eigenvalue weighted by Gasteiger charge is -2.30. The predicted octanol–water partition coefficient (Wildman–Crippen LogP) is 2.25. The number of carbonyl (C=O) groups excluding carboxylic acids is 1. The van der Waals surface area contributed by atoms with E-state index in [1.54, 1.807) is 0 Å². The van der Waals surface area contributed by atoms with Gasteiger partial charge in [0.1, 0.15) is 0 Å². The number of carbonyl (C=O) groups is 1. The van der Waals surface area contributed by atoms with Gasteiger partial charge in [0.2, 0.25) is 5.91 Å². The van der Waals surface area contributed by atoms with Gasteiger partial charge in [-0.05, 0) is 82.6 Å². The lowest BCUT2D eigenvalue weighted by atomic mass is 9.85. The van der Waals surface area contributed by atoms with Crippen molar-refractivity contribution in [2.24, 2.45) is 17.8 Å².